The van der Waals surface area contributed by atoms with E-state index in [1.54, 1.807) is 0 Å². The summed E-state index contributed by atoms with van der Waals surface area (Å²) in [6, 6.07) is 8.32. The average molecular weight is 486 g/mol. The van der Waals surface area contributed by atoms with Gasteiger partial charge in [0.25, 0.3) is 0 Å². The van der Waals surface area contributed by atoms with Gasteiger partial charge >= 0.3 is 0 Å². The van der Waals surface area contributed by atoms with Crippen LogP contribution in [0.25, 0.3) is 0 Å². The van der Waals surface area contributed by atoms with E-state index < -0.39 is 8.32 Å². The molecule has 5 atom stereocenters. The molecule has 5 heteroatoms. The molecule has 0 bridgehead atoms. The monoisotopic (exact) mass is 485 g/mol. The number of hydrogen-bond donors (Lipinski definition) is 1. The van der Waals surface area contributed by atoms with Gasteiger partial charge in [0.15, 0.2) is 14.9 Å². The fraction of sp³-hybridized carbons (Fsp3) is 0.759. The SMILES string of the molecule is CCCCC[C@@H](CC[C@@H]1[C@H]2Cc3cccc(OCC#N)c3C[C@H]2C[C@@H]1O)O[Si](C)(C)C(C)(C)C. The fourth-order valence-electron chi connectivity index (χ4n) is 5.91. The maximum Gasteiger partial charge on any atom is 0.192 e. The summed E-state index contributed by atoms with van der Waals surface area (Å²) in [6.45, 7) is 14.0. The second-order valence-electron chi connectivity index (χ2n) is 12.2. The van der Waals surface area contributed by atoms with E-state index in [2.05, 4.69) is 52.9 Å². The highest BCUT2D eigenvalue weighted by Gasteiger charge is 2.45. The second kappa shape index (κ2) is 11.6. The molecule has 0 amide bonds. The molecule has 1 saturated carbocycles. The Bertz CT molecular complexity index is 841. The molecule has 0 spiro atoms. The van der Waals surface area contributed by atoms with Crippen molar-refractivity contribution >= 4 is 8.32 Å². The molecule has 0 radical (unpaired) electrons. The lowest BCUT2D eigenvalue weighted by Gasteiger charge is -2.40. The van der Waals surface area contributed by atoms with Gasteiger partial charge < -0.3 is 14.3 Å². The normalized spacial score (nSPS) is 25.4. The van der Waals surface area contributed by atoms with Crippen molar-refractivity contribution in [2.45, 2.75) is 116 Å². The molecular weight excluding hydrogens is 438 g/mol. The van der Waals surface area contributed by atoms with Crippen LogP contribution in [-0.4, -0.2) is 32.2 Å². The smallest absolute Gasteiger partial charge is 0.192 e. The number of nitriles is 1. The molecule has 0 aromatic heterocycles. The molecule has 190 valence electrons. The van der Waals surface area contributed by atoms with E-state index in [1.807, 2.05) is 12.1 Å². The summed E-state index contributed by atoms with van der Waals surface area (Å²) in [5.41, 5.74) is 2.60. The van der Waals surface area contributed by atoms with Crippen molar-refractivity contribution in [1.82, 2.24) is 0 Å². The van der Waals surface area contributed by atoms with Crippen LogP contribution in [0.1, 0.15) is 83.8 Å². The summed E-state index contributed by atoms with van der Waals surface area (Å²) in [5, 5.41) is 20.2. The van der Waals surface area contributed by atoms with E-state index in [-0.39, 0.29) is 17.7 Å². The summed E-state index contributed by atoms with van der Waals surface area (Å²) in [4.78, 5) is 0. The Labute approximate surface area is 209 Å². The Kier molecular flexibility index (Phi) is 9.28. The van der Waals surface area contributed by atoms with Crippen LogP contribution < -0.4 is 4.74 Å². The minimum Gasteiger partial charge on any atom is -0.478 e. The van der Waals surface area contributed by atoms with Gasteiger partial charge in [-0.2, -0.15) is 5.26 Å². The molecule has 2 aliphatic rings. The fourth-order valence-corrected chi connectivity index (χ4v) is 7.33. The minimum absolute atomic E-state index is 0.0868. The molecule has 1 fully saturated rings. The quantitative estimate of drug-likeness (QED) is 0.269. The van der Waals surface area contributed by atoms with Crippen molar-refractivity contribution in [3.8, 4) is 11.8 Å². The lowest BCUT2D eigenvalue weighted by Crippen LogP contribution is -2.44. The van der Waals surface area contributed by atoms with Gasteiger partial charge in [0.1, 0.15) is 11.8 Å². The van der Waals surface area contributed by atoms with Crippen LogP contribution in [0.15, 0.2) is 18.2 Å². The van der Waals surface area contributed by atoms with Crippen molar-refractivity contribution in [2.24, 2.45) is 17.8 Å². The van der Waals surface area contributed by atoms with E-state index >= 15 is 0 Å². The maximum absolute atomic E-state index is 11.1. The van der Waals surface area contributed by atoms with Crippen molar-refractivity contribution in [3.63, 3.8) is 0 Å². The zero-order valence-electron chi connectivity index (χ0n) is 22.4. The Morgan fingerprint density at radius 3 is 2.62 bits per heavy atom. The van der Waals surface area contributed by atoms with Gasteiger partial charge in [0.05, 0.1) is 6.10 Å². The van der Waals surface area contributed by atoms with E-state index in [0.717, 1.165) is 44.3 Å². The molecule has 34 heavy (non-hydrogen) atoms. The first-order valence-corrected chi connectivity index (χ1v) is 16.4. The predicted molar refractivity (Wildman–Crippen MR) is 141 cm³/mol. The number of unbranched alkanes of at least 4 members (excludes halogenated alkanes) is 2. The highest BCUT2D eigenvalue weighted by Crippen LogP contribution is 2.49. The molecule has 1 aromatic carbocycles. The van der Waals surface area contributed by atoms with Crippen LogP contribution in [0.3, 0.4) is 0 Å². The van der Waals surface area contributed by atoms with Gasteiger partial charge in [-0.1, -0.05) is 59.1 Å². The third kappa shape index (κ3) is 6.45. The van der Waals surface area contributed by atoms with Gasteiger partial charge in [-0.15, -0.1) is 0 Å². The van der Waals surface area contributed by atoms with Gasteiger partial charge in [-0.25, -0.2) is 0 Å². The van der Waals surface area contributed by atoms with E-state index in [9.17, 15) is 5.11 Å². The zero-order chi connectivity index (χ0) is 24.9. The van der Waals surface area contributed by atoms with E-state index in [1.165, 1.54) is 30.4 Å². The second-order valence-corrected chi connectivity index (χ2v) is 17.0. The molecule has 3 rings (SSSR count). The topological polar surface area (TPSA) is 62.5 Å². The molecule has 0 saturated heterocycles. The highest BCUT2D eigenvalue weighted by molar-refractivity contribution is 6.74. The van der Waals surface area contributed by atoms with Crippen LogP contribution in [0.2, 0.25) is 18.1 Å². The number of hydrogen-bond acceptors (Lipinski definition) is 4. The first kappa shape index (κ1) is 27.2. The largest absolute Gasteiger partial charge is 0.478 e. The minimum atomic E-state index is -1.82. The van der Waals surface area contributed by atoms with Crippen molar-refractivity contribution < 1.29 is 14.3 Å². The Morgan fingerprint density at radius 1 is 1.18 bits per heavy atom. The number of aliphatic hydroxyl groups excluding tert-OH is 1. The van der Waals surface area contributed by atoms with E-state index in [0.29, 0.717) is 23.9 Å². The van der Waals surface area contributed by atoms with Crippen LogP contribution in [-0.2, 0) is 17.3 Å². The van der Waals surface area contributed by atoms with Crippen LogP contribution in [0, 0.1) is 29.1 Å². The molecule has 4 nitrogen and oxygen atoms in total. The van der Waals surface area contributed by atoms with Gasteiger partial charge in [-0.3, -0.25) is 0 Å². The average Bonchev–Trinajstić information content (AvgIpc) is 3.07. The van der Waals surface area contributed by atoms with Gasteiger partial charge in [0, 0.05) is 6.10 Å². The summed E-state index contributed by atoms with van der Waals surface area (Å²) in [5.74, 6) is 2.23. The zero-order valence-corrected chi connectivity index (χ0v) is 23.4. The first-order valence-electron chi connectivity index (χ1n) is 13.5. The number of rotatable bonds is 11. The van der Waals surface area contributed by atoms with Crippen molar-refractivity contribution in [3.05, 3.63) is 29.3 Å². The predicted octanol–water partition coefficient (Wildman–Crippen LogP) is 7.05. The third-order valence-electron chi connectivity index (χ3n) is 8.86. The number of fused-ring (bicyclic) bond motifs is 2. The van der Waals surface area contributed by atoms with Crippen LogP contribution in [0.4, 0.5) is 0 Å². The number of nitrogens with zero attached hydrogens (tertiary/aromatic N) is 1. The number of benzene rings is 1. The summed E-state index contributed by atoms with van der Waals surface area (Å²) < 4.78 is 12.6. The Balaban J connectivity index is 1.69. The molecule has 1 N–H and O–H groups in total. The maximum atomic E-state index is 11.1. The Hall–Kier alpha value is -1.35. The molecule has 1 aromatic rings. The van der Waals surface area contributed by atoms with Crippen molar-refractivity contribution in [2.75, 3.05) is 6.61 Å². The van der Waals surface area contributed by atoms with E-state index in [4.69, 9.17) is 14.4 Å². The number of aliphatic hydroxyl groups is 1. The summed E-state index contributed by atoms with van der Waals surface area (Å²) >= 11 is 0. The molecule has 0 aliphatic heterocycles. The van der Waals surface area contributed by atoms with Crippen LogP contribution >= 0.6 is 0 Å². The lowest BCUT2D eigenvalue weighted by molar-refractivity contribution is 0.0897. The molecular formula is C29H47NO3Si. The highest BCUT2D eigenvalue weighted by atomic mass is 28.4. The molecule has 0 unspecified atom stereocenters. The molecule has 2 aliphatic carbocycles. The van der Waals surface area contributed by atoms with Crippen LogP contribution in [0.5, 0.6) is 5.75 Å². The summed E-state index contributed by atoms with van der Waals surface area (Å²) in [7, 11) is -1.82. The lowest BCUT2D eigenvalue weighted by atomic mass is 9.73. The summed E-state index contributed by atoms with van der Waals surface area (Å²) in [6.07, 6.45) is 9.90. The standard InChI is InChI=1S/C29H47NO3Si/c1-7-8-9-12-23(33-34(5,6)29(2,3)4)14-15-24-25-18-21-11-10-13-28(32-17-16-30)26(21)19-22(25)20-27(24)31/h10-11,13,22-25,27,31H,7-9,12,14-15,17-20H2,1-6H3/t22-,23-,24+,25-,27-/m0/s1. The third-order valence-corrected chi connectivity index (χ3v) is 13.4. The van der Waals surface area contributed by atoms with Gasteiger partial charge in [0.2, 0.25) is 0 Å². The number of ether oxygens (including phenoxy) is 1. The van der Waals surface area contributed by atoms with Gasteiger partial charge in [-0.05, 0) is 91.6 Å². The first-order chi connectivity index (χ1) is 16.1. The molecule has 0 heterocycles. The Morgan fingerprint density at radius 2 is 1.94 bits per heavy atom. The van der Waals surface area contributed by atoms with Crippen molar-refractivity contribution in [1.29, 1.82) is 5.26 Å².